The zero-order valence-corrected chi connectivity index (χ0v) is 17.7. The van der Waals surface area contributed by atoms with Crippen molar-refractivity contribution in [2.75, 3.05) is 19.5 Å². The first-order valence-corrected chi connectivity index (χ1v) is 10.7. The highest BCUT2D eigenvalue weighted by molar-refractivity contribution is 7.62. The monoisotopic (exact) mass is 431 g/mol. The van der Waals surface area contributed by atoms with Gasteiger partial charge in [0.05, 0.1) is 11.0 Å². The van der Waals surface area contributed by atoms with E-state index in [1.54, 1.807) is 12.1 Å². The lowest BCUT2D eigenvalue weighted by Gasteiger charge is -2.16. The van der Waals surface area contributed by atoms with Gasteiger partial charge in [-0.05, 0) is 18.1 Å². The van der Waals surface area contributed by atoms with Gasteiger partial charge in [0.1, 0.15) is 0 Å². The molecular weight excluding hydrogens is 409 g/mol. The molecule has 0 radical (unpaired) electrons. The van der Waals surface area contributed by atoms with Crippen molar-refractivity contribution in [1.82, 2.24) is 4.98 Å². The van der Waals surface area contributed by atoms with Crippen molar-refractivity contribution in [2.24, 2.45) is 0 Å². The highest BCUT2D eigenvalue weighted by atomic mass is 31.2. The van der Waals surface area contributed by atoms with Gasteiger partial charge in [-0.25, -0.2) is 4.98 Å². The molecule has 0 aliphatic heterocycles. The maximum absolute atomic E-state index is 13.0. The maximum atomic E-state index is 13.0. The summed E-state index contributed by atoms with van der Waals surface area (Å²) in [6.45, 7) is 1.93. The van der Waals surface area contributed by atoms with Crippen LogP contribution in [0, 0.1) is 10.1 Å². The molecule has 0 aliphatic rings. The summed E-state index contributed by atoms with van der Waals surface area (Å²) in [6.07, 6.45) is 0.250. The van der Waals surface area contributed by atoms with Crippen LogP contribution in [0.15, 0.2) is 59.0 Å². The van der Waals surface area contributed by atoms with Gasteiger partial charge in [0, 0.05) is 32.8 Å². The van der Waals surface area contributed by atoms with E-state index >= 15 is 0 Å². The maximum Gasteiger partial charge on any atom is 0.384 e. The topological polar surface area (TPSA) is 117 Å². The summed E-state index contributed by atoms with van der Waals surface area (Å²) in [5.41, 5.74) is 1.79. The Labute approximate surface area is 173 Å². The number of anilines is 1. The largest absolute Gasteiger partial charge is 0.424 e. The lowest BCUT2D eigenvalue weighted by atomic mass is 10.1. The van der Waals surface area contributed by atoms with E-state index < -0.39 is 12.5 Å². The van der Waals surface area contributed by atoms with E-state index in [9.17, 15) is 14.7 Å². The zero-order valence-electron chi connectivity index (χ0n) is 16.8. The first-order valence-electron chi connectivity index (χ1n) is 9.13. The van der Waals surface area contributed by atoms with Crippen molar-refractivity contribution < 1.29 is 23.0 Å². The van der Waals surface area contributed by atoms with Crippen LogP contribution in [0.5, 0.6) is 0 Å². The number of hydrogen-bond donors (Lipinski definition) is 1. The predicted octanol–water partition coefficient (Wildman–Crippen LogP) is 4.46. The van der Waals surface area contributed by atoms with E-state index in [-0.39, 0.29) is 35.4 Å². The Kier molecular flexibility index (Phi) is 6.66. The smallest absolute Gasteiger partial charge is 0.384 e. The number of oxazole rings is 1. The lowest BCUT2D eigenvalue weighted by molar-refractivity contribution is -0.384. The molecule has 1 atom stereocenters. The quantitative estimate of drug-likeness (QED) is 0.300. The average molecular weight is 431 g/mol. The standard InChI is InChI=1S/C20H22N3O6P/c1-14(16-7-5-4-6-8-16)21-19-20(30(26,27-2)28-3)22-18(29-19)13-15-9-11-17(12-10-15)23(24)25/h4-12,14,21H,13H2,1-3H3. The minimum atomic E-state index is -3.68. The van der Waals surface area contributed by atoms with E-state index in [4.69, 9.17) is 13.5 Å². The van der Waals surface area contributed by atoms with Gasteiger partial charge in [0.15, 0.2) is 0 Å². The molecule has 0 fully saturated rings. The summed E-state index contributed by atoms with van der Waals surface area (Å²) in [7, 11) is -1.13. The average Bonchev–Trinajstić information content (AvgIpc) is 3.16. The van der Waals surface area contributed by atoms with Crippen molar-refractivity contribution in [2.45, 2.75) is 19.4 Å². The minimum absolute atomic E-state index is 0.00542. The molecule has 0 amide bonds. The molecular formula is C20H22N3O6P. The Bertz CT molecular complexity index is 1040. The summed E-state index contributed by atoms with van der Waals surface area (Å²) in [5.74, 6) is 0.464. The summed E-state index contributed by atoms with van der Waals surface area (Å²) < 4.78 is 29.0. The SMILES string of the molecule is COP(=O)(OC)c1nc(Cc2ccc([N+](=O)[O-])cc2)oc1NC(C)c1ccccc1. The Hall–Kier alpha value is -3.00. The molecule has 1 N–H and O–H groups in total. The number of benzene rings is 2. The number of aromatic nitrogens is 1. The van der Waals surface area contributed by atoms with Gasteiger partial charge in [-0.2, -0.15) is 0 Å². The second-order valence-electron chi connectivity index (χ2n) is 6.50. The molecule has 0 spiro atoms. The minimum Gasteiger partial charge on any atom is -0.424 e. The van der Waals surface area contributed by atoms with Gasteiger partial charge in [-0.3, -0.25) is 14.7 Å². The summed E-state index contributed by atoms with van der Waals surface area (Å²) >= 11 is 0. The van der Waals surface area contributed by atoms with Crippen LogP contribution in [0.4, 0.5) is 11.6 Å². The van der Waals surface area contributed by atoms with Crippen LogP contribution in [-0.4, -0.2) is 24.1 Å². The fourth-order valence-corrected chi connectivity index (χ4v) is 3.98. The van der Waals surface area contributed by atoms with E-state index in [1.807, 2.05) is 37.3 Å². The number of nitrogens with one attached hydrogen (secondary N) is 1. The second kappa shape index (κ2) is 9.21. The first kappa shape index (κ1) is 21.7. The molecule has 2 aromatic carbocycles. The number of nitrogens with zero attached hydrogens (tertiary/aromatic N) is 2. The van der Waals surface area contributed by atoms with Crippen LogP contribution >= 0.6 is 7.60 Å². The molecule has 1 unspecified atom stereocenters. The van der Waals surface area contributed by atoms with Crippen molar-refractivity contribution in [3.63, 3.8) is 0 Å². The Morgan fingerprint density at radius 2 is 1.77 bits per heavy atom. The molecule has 9 nitrogen and oxygen atoms in total. The first-order chi connectivity index (χ1) is 14.4. The second-order valence-corrected chi connectivity index (χ2v) is 8.65. The van der Waals surface area contributed by atoms with E-state index in [0.717, 1.165) is 11.1 Å². The molecule has 0 bridgehead atoms. The van der Waals surface area contributed by atoms with Gasteiger partial charge < -0.3 is 18.8 Å². The highest BCUT2D eigenvalue weighted by Crippen LogP contribution is 2.47. The van der Waals surface area contributed by atoms with Crippen molar-refractivity contribution in [3.8, 4) is 0 Å². The van der Waals surface area contributed by atoms with Crippen LogP contribution in [-0.2, 0) is 20.0 Å². The van der Waals surface area contributed by atoms with Crippen molar-refractivity contribution in [3.05, 3.63) is 81.7 Å². The van der Waals surface area contributed by atoms with Crippen molar-refractivity contribution >= 4 is 24.6 Å². The van der Waals surface area contributed by atoms with Gasteiger partial charge in [-0.15, -0.1) is 0 Å². The molecule has 0 saturated heterocycles. The van der Waals surface area contributed by atoms with Crippen LogP contribution < -0.4 is 10.8 Å². The zero-order chi connectivity index (χ0) is 21.7. The molecule has 10 heteroatoms. The van der Waals surface area contributed by atoms with E-state index in [2.05, 4.69) is 10.3 Å². The Morgan fingerprint density at radius 3 is 2.33 bits per heavy atom. The van der Waals surface area contributed by atoms with Crippen molar-refractivity contribution in [1.29, 1.82) is 0 Å². The molecule has 158 valence electrons. The fraction of sp³-hybridized carbons (Fsp3) is 0.250. The van der Waals surface area contributed by atoms with Gasteiger partial charge in [-0.1, -0.05) is 42.5 Å². The van der Waals surface area contributed by atoms with Crippen LogP contribution in [0.2, 0.25) is 0 Å². The Balaban J connectivity index is 1.91. The third-order valence-corrected chi connectivity index (χ3v) is 6.33. The van der Waals surface area contributed by atoms with Gasteiger partial charge in [0.25, 0.3) is 5.69 Å². The lowest BCUT2D eigenvalue weighted by Crippen LogP contribution is -2.17. The molecule has 0 saturated carbocycles. The van der Waals surface area contributed by atoms with Crippen LogP contribution in [0.25, 0.3) is 0 Å². The van der Waals surface area contributed by atoms with Gasteiger partial charge >= 0.3 is 7.60 Å². The molecule has 0 aliphatic carbocycles. The van der Waals surface area contributed by atoms with Crippen LogP contribution in [0.1, 0.15) is 30.0 Å². The van der Waals surface area contributed by atoms with Crippen LogP contribution in [0.3, 0.4) is 0 Å². The number of nitro groups is 1. The highest BCUT2D eigenvalue weighted by Gasteiger charge is 2.34. The Morgan fingerprint density at radius 1 is 1.13 bits per heavy atom. The molecule has 1 aromatic heterocycles. The number of non-ortho nitro benzene ring substituents is 1. The molecule has 30 heavy (non-hydrogen) atoms. The summed E-state index contributed by atoms with van der Waals surface area (Å²) in [6, 6.07) is 15.6. The normalized spacial score (nSPS) is 12.5. The molecule has 3 rings (SSSR count). The molecule has 1 heterocycles. The summed E-state index contributed by atoms with van der Waals surface area (Å²) in [5, 5.41) is 14.0. The predicted molar refractivity (Wildman–Crippen MR) is 112 cm³/mol. The number of rotatable bonds is 9. The number of hydrogen-bond acceptors (Lipinski definition) is 8. The summed E-state index contributed by atoms with van der Waals surface area (Å²) in [4.78, 5) is 14.7. The molecule has 3 aromatic rings. The van der Waals surface area contributed by atoms with E-state index in [1.165, 1.54) is 26.4 Å². The fourth-order valence-electron chi connectivity index (χ4n) is 2.89. The third-order valence-electron chi connectivity index (χ3n) is 4.54. The third kappa shape index (κ3) is 4.76. The number of nitro benzene ring substituents is 1. The van der Waals surface area contributed by atoms with Gasteiger partial charge in [0.2, 0.25) is 17.2 Å². The van der Waals surface area contributed by atoms with E-state index in [0.29, 0.717) is 0 Å².